The molecule has 0 aliphatic carbocycles. The van der Waals surface area contributed by atoms with E-state index in [1.54, 1.807) is 11.9 Å². The molecule has 1 heterocycles. The minimum atomic E-state index is 0.0328. The number of aryl methyl sites for hydroxylation is 2. The summed E-state index contributed by atoms with van der Waals surface area (Å²) >= 11 is 7.20. The first-order chi connectivity index (χ1) is 9.49. The van der Waals surface area contributed by atoms with Gasteiger partial charge in [0.1, 0.15) is 5.01 Å². The first kappa shape index (κ1) is 15.0. The maximum atomic E-state index is 12.3. The average Bonchev–Trinajstić information content (AvgIpc) is 2.84. The number of hydrogen-bond donors (Lipinski definition) is 0. The highest BCUT2D eigenvalue weighted by molar-refractivity contribution is 7.09. The second-order valence-corrected chi connectivity index (χ2v) is 6.05. The Kier molecular flexibility index (Phi) is 4.78. The van der Waals surface area contributed by atoms with Crippen LogP contribution < -0.4 is 4.90 Å². The first-order valence-corrected chi connectivity index (χ1v) is 7.75. The molecule has 0 radical (unpaired) electrons. The van der Waals surface area contributed by atoms with E-state index in [1.165, 1.54) is 11.3 Å². The predicted octanol–water partition coefficient (Wildman–Crippen LogP) is 3.70. The molecule has 3 nitrogen and oxygen atoms in total. The van der Waals surface area contributed by atoms with Crippen LogP contribution in [0, 0.1) is 13.8 Å². The fraction of sp³-hybridized carbons (Fsp3) is 0.333. The molecule has 0 aliphatic rings. The normalized spacial score (nSPS) is 10.6. The standard InChI is InChI=1S/C15H17ClN2OS/c1-10-4-11(2)6-13(5-10)18(3)15(19)7-14-17-12(8-16)9-20-14/h4-6,9H,7-8H2,1-3H3. The molecule has 2 rings (SSSR count). The monoisotopic (exact) mass is 308 g/mol. The summed E-state index contributed by atoms with van der Waals surface area (Å²) < 4.78 is 0. The van der Waals surface area contributed by atoms with Crippen LogP contribution in [0.25, 0.3) is 0 Å². The molecule has 0 saturated carbocycles. The third kappa shape index (κ3) is 3.58. The van der Waals surface area contributed by atoms with Gasteiger partial charge < -0.3 is 4.90 Å². The Morgan fingerprint density at radius 2 is 1.95 bits per heavy atom. The van der Waals surface area contributed by atoms with Crippen LogP contribution in [0.1, 0.15) is 21.8 Å². The Morgan fingerprint density at radius 3 is 2.50 bits per heavy atom. The lowest BCUT2D eigenvalue weighted by Crippen LogP contribution is -2.27. The molecule has 1 amide bonds. The topological polar surface area (TPSA) is 33.2 Å². The van der Waals surface area contributed by atoms with Crippen molar-refractivity contribution < 1.29 is 4.79 Å². The number of nitrogens with zero attached hydrogens (tertiary/aromatic N) is 2. The fourth-order valence-electron chi connectivity index (χ4n) is 2.03. The molecule has 0 spiro atoms. The van der Waals surface area contributed by atoms with Crippen molar-refractivity contribution >= 4 is 34.5 Å². The van der Waals surface area contributed by atoms with Crippen molar-refractivity contribution in [2.75, 3.05) is 11.9 Å². The van der Waals surface area contributed by atoms with Gasteiger partial charge in [0.25, 0.3) is 0 Å². The Balaban J connectivity index is 2.11. The molecule has 20 heavy (non-hydrogen) atoms. The number of carbonyl (C=O) groups is 1. The van der Waals surface area contributed by atoms with E-state index < -0.39 is 0 Å². The SMILES string of the molecule is Cc1cc(C)cc(N(C)C(=O)Cc2nc(CCl)cs2)c1. The van der Waals surface area contributed by atoms with Crippen LogP contribution in [-0.2, 0) is 17.1 Å². The fourth-order valence-corrected chi connectivity index (χ4v) is 3.04. The maximum absolute atomic E-state index is 12.3. The lowest BCUT2D eigenvalue weighted by atomic mass is 10.1. The van der Waals surface area contributed by atoms with Crippen LogP contribution in [0.4, 0.5) is 5.69 Å². The molecule has 2 aromatic rings. The van der Waals surface area contributed by atoms with E-state index in [9.17, 15) is 4.79 Å². The highest BCUT2D eigenvalue weighted by Crippen LogP contribution is 2.19. The lowest BCUT2D eigenvalue weighted by molar-refractivity contribution is -0.117. The van der Waals surface area contributed by atoms with Gasteiger partial charge in [-0.25, -0.2) is 4.98 Å². The van der Waals surface area contributed by atoms with Gasteiger partial charge in [-0.05, 0) is 37.1 Å². The van der Waals surface area contributed by atoms with E-state index >= 15 is 0 Å². The van der Waals surface area contributed by atoms with Gasteiger partial charge in [0.05, 0.1) is 18.0 Å². The quantitative estimate of drug-likeness (QED) is 0.807. The zero-order chi connectivity index (χ0) is 14.7. The third-order valence-electron chi connectivity index (χ3n) is 3.01. The van der Waals surface area contributed by atoms with Gasteiger partial charge >= 0.3 is 0 Å². The van der Waals surface area contributed by atoms with Crippen LogP contribution in [0.5, 0.6) is 0 Å². The first-order valence-electron chi connectivity index (χ1n) is 6.33. The summed E-state index contributed by atoms with van der Waals surface area (Å²) in [7, 11) is 1.80. The Morgan fingerprint density at radius 1 is 1.30 bits per heavy atom. The summed E-state index contributed by atoms with van der Waals surface area (Å²) in [5.74, 6) is 0.419. The van der Waals surface area contributed by atoms with Crippen LogP contribution in [0.15, 0.2) is 23.6 Å². The lowest BCUT2D eigenvalue weighted by Gasteiger charge is -2.18. The van der Waals surface area contributed by atoms with Gasteiger partial charge in [0.15, 0.2) is 0 Å². The van der Waals surface area contributed by atoms with Crippen LogP contribution >= 0.6 is 22.9 Å². The summed E-state index contributed by atoms with van der Waals surface area (Å²) in [4.78, 5) is 18.3. The van der Waals surface area contributed by atoms with Crippen molar-refractivity contribution in [1.29, 1.82) is 0 Å². The molecule has 0 saturated heterocycles. The van der Waals surface area contributed by atoms with Crippen LogP contribution in [0.3, 0.4) is 0 Å². The molecule has 5 heteroatoms. The van der Waals surface area contributed by atoms with Crippen molar-refractivity contribution in [2.24, 2.45) is 0 Å². The third-order valence-corrected chi connectivity index (χ3v) is 4.18. The summed E-state index contributed by atoms with van der Waals surface area (Å²) in [5.41, 5.74) is 4.05. The largest absolute Gasteiger partial charge is 0.315 e. The molecule has 106 valence electrons. The van der Waals surface area contributed by atoms with Gasteiger partial charge in [-0.15, -0.1) is 22.9 Å². The molecule has 0 aliphatic heterocycles. The van der Waals surface area contributed by atoms with E-state index in [2.05, 4.69) is 11.1 Å². The average molecular weight is 309 g/mol. The number of aromatic nitrogens is 1. The van der Waals surface area contributed by atoms with Gasteiger partial charge in [-0.2, -0.15) is 0 Å². The number of anilines is 1. The van der Waals surface area contributed by atoms with Crippen LogP contribution in [-0.4, -0.2) is 17.9 Å². The second-order valence-electron chi connectivity index (χ2n) is 4.84. The number of amides is 1. The van der Waals surface area contributed by atoms with E-state index in [0.717, 1.165) is 27.5 Å². The molecular formula is C15H17ClN2OS. The molecular weight excluding hydrogens is 292 g/mol. The smallest absolute Gasteiger partial charge is 0.233 e. The number of halogens is 1. The number of hydrogen-bond acceptors (Lipinski definition) is 3. The van der Waals surface area contributed by atoms with Gasteiger partial charge in [0, 0.05) is 18.1 Å². The van der Waals surface area contributed by atoms with E-state index in [0.29, 0.717) is 12.3 Å². The number of carbonyl (C=O) groups excluding carboxylic acids is 1. The minimum Gasteiger partial charge on any atom is -0.315 e. The summed E-state index contributed by atoms with van der Waals surface area (Å²) in [5, 5.41) is 2.70. The number of benzene rings is 1. The molecule has 1 aromatic heterocycles. The Labute approximate surface area is 128 Å². The highest BCUT2D eigenvalue weighted by atomic mass is 35.5. The maximum Gasteiger partial charge on any atom is 0.233 e. The summed E-state index contributed by atoms with van der Waals surface area (Å²) in [6.07, 6.45) is 0.311. The van der Waals surface area contributed by atoms with E-state index in [4.69, 9.17) is 11.6 Å². The number of likely N-dealkylation sites (N-methyl/N-ethyl adjacent to an activating group) is 1. The van der Waals surface area contributed by atoms with Crippen molar-refractivity contribution in [1.82, 2.24) is 4.98 Å². The van der Waals surface area contributed by atoms with Crippen molar-refractivity contribution in [3.05, 3.63) is 45.4 Å². The Bertz CT molecular complexity index is 604. The molecule has 0 bridgehead atoms. The van der Waals surface area contributed by atoms with Crippen molar-refractivity contribution in [3.63, 3.8) is 0 Å². The molecule has 0 unspecified atom stereocenters. The Hall–Kier alpha value is -1.39. The summed E-state index contributed by atoms with van der Waals surface area (Å²) in [6.45, 7) is 4.06. The molecule has 0 fully saturated rings. The van der Waals surface area contributed by atoms with Crippen molar-refractivity contribution in [2.45, 2.75) is 26.1 Å². The van der Waals surface area contributed by atoms with Crippen LogP contribution in [0.2, 0.25) is 0 Å². The van der Waals surface area contributed by atoms with Crippen molar-refractivity contribution in [3.8, 4) is 0 Å². The minimum absolute atomic E-state index is 0.0328. The van der Waals surface area contributed by atoms with E-state index in [1.807, 2.05) is 31.4 Å². The predicted molar refractivity (Wildman–Crippen MR) is 84.7 cm³/mol. The molecule has 0 N–H and O–H groups in total. The number of alkyl halides is 1. The highest BCUT2D eigenvalue weighted by Gasteiger charge is 2.14. The van der Waals surface area contributed by atoms with E-state index in [-0.39, 0.29) is 5.91 Å². The molecule has 0 atom stereocenters. The van der Waals surface area contributed by atoms with Gasteiger partial charge in [0.2, 0.25) is 5.91 Å². The number of thiazole rings is 1. The zero-order valence-corrected chi connectivity index (χ0v) is 13.4. The van der Waals surface area contributed by atoms with Gasteiger partial charge in [-0.1, -0.05) is 6.07 Å². The number of rotatable bonds is 4. The summed E-state index contributed by atoms with van der Waals surface area (Å²) in [6, 6.07) is 6.11. The van der Waals surface area contributed by atoms with Gasteiger partial charge in [-0.3, -0.25) is 4.79 Å². The molecule has 1 aromatic carbocycles. The zero-order valence-electron chi connectivity index (χ0n) is 11.8. The second kappa shape index (κ2) is 6.37.